The van der Waals surface area contributed by atoms with Gasteiger partial charge in [0.1, 0.15) is 6.26 Å². The highest BCUT2D eigenvalue weighted by Gasteiger charge is 2.26. The smallest absolute Gasteiger partial charge is 0.360 e. The molecule has 0 spiro atoms. The fraction of sp³-hybridized carbons (Fsp3) is 0.692. The van der Waals surface area contributed by atoms with Crippen molar-refractivity contribution < 1.29 is 13.9 Å². The number of anilines is 1. The predicted molar refractivity (Wildman–Crippen MR) is 67.7 cm³/mol. The van der Waals surface area contributed by atoms with Crippen molar-refractivity contribution in [2.24, 2.45) is 5.92 Å². The van der Waals surface area contributed by atoms with Crippen molar-refractivity contribution in [1.29, 1.82) is 0 Å². The normalized spacial score (nSPS) is 14.6. The van der Waals surface area contributed by atoms with Crippen LogP contribution in [0.1, 0.15) is 43.6 Å². The van der Waals surface area contributed by atoms with Gasteiger partial charge < -0.3 is 14.1 Å². The van der Waals surface area contributed by atoms with Crippen LogP contribution >= 0.6 is 0 Å². The van der Waals surface area contributed by atoms with E-state index in [1.54, 1.807) is 6.92 Å². The number of ether oxygens (including phenoxy) is 1. The van der Waals surface area contributed by atoms with E-state index in [9.17, 15) is 4.79 Å². The van der Waals surface area contributed by atoms with E-state index in [0.717, 1.165) is 25.4 Å². The molecule has 0 amide bonds. The average Bonchev–Trinajstić information content (AvgIpc) is 3.03. The first-order chi connectivity index (χ1) is 8.74. The van der Waals surface area contributed by atoms with Gasteiger partial charge in [0.2, 0.25) is 0 Å². The van der Waals surface area contributed by atoms with E-state index in [0.29, 0.717) is 12.6 Å². The summed E-state index contributed by atoms with van der Waals surface area (Å²) >= 11 is 0. The van der Waals surface area contributed by atoms with Crippen LogP contribution in [-0.4, -0.2) is 30.6 Å². The summed E-state index contributed by atoms with van der Waals surface area (Å²) in [6, 6.07) is 0.534. The van der Waals surface area contributed by atoms with Gasteiger partial charge in [0, 0.05) is 13.1 Å². The van der Waals surface area contributed by atoms with E-state index in [2.05, 4.69) is 16.8 Å². The number of aromatic nitrogens is 1. The molecule has 1 aliphatic carbocycles. The first-order valence-electron chi connectivity index (χ1n) is 6.62. The number of hydrogen-bond donors (Lipinski definition) is 0. The van der Waals surface area contributed by atoms with Crippen molar-refractivity contribution in [3.05, 3.63) is 12.0 Å². The highest BCUT2D eigenvalue weighted by atomic mass is 16.5. The second-order valence-corrected chi connectivity index (χ2v) is 4.63. The summed E-state index contributed by atoms with van der Waals surface area (Å²) in [5.41, 5.74) is 0.253. The quantitative estimate of drug-likeness (QED) is 0.698. The van der Waals surface area contributed by atoms with Gasteiger partial charge in [0.15, 0.2) is 5.69 Å². The third-order valence-electron chi connectivity index (χ3n) is 2.92. The number of carbonyl (C=O) groups is 1. The molecule has 0 aliphatic heterocycles. The summed E-state index contributed by atoms with van der Waals surface area (Å²) in [6.07, 6.45) is 4.98. The molecule has 0 saturated heterocycles. The zero-order chi connectivity index (χ0) is 13.0. The number of rotatable bonds is 7. The van der Waals surface area contributed by atoms with Crippen LogP contribution in [0.5, 0.6) is 0 Å². The number of oxazole rings is 1. The Kier molecular flexibility index (Phi) is 4.23. The minimum absolute atomic E-state index is 0.253. The molecule has 0 N–H and O–H groups in total. The largest absolute Gasteiger partial charge is 0.461 e. The maximum atomic E-state index is 11.5. The van der Waals surface area contributed by atoms with Crippen molar-refractivity contribution >= 4 is 12.0 Å². The van der Waals surface area contributed by atoms with Gasteiger partial charge in [0.05, 0.1) is 6.61 Å². The lowest BCUT2D eigenvalue weighted by atomic mass is 10.3. The summed E-state index contributed by atoms with van der Waals surface area (Å²) < 4.78 is 10.3. The van der Waals surface area contributed by atoms with Crippen LogP contribution in [0, 0.1) is 5.92 Å². The molecule has 0 atom stereocenters. The molecule has 1 fully saturated rings. The Morgan fingerprint density at radius 1 is 1.56 bits per heavy atom. The van der Waals surface area contributed by atoms with Crippen LogP contribution in [0.3, 0.4) is 0 Å². The lowest BCUT2D eigenvalue weighted by molar-refractivity contribution is 0.0519. The van der Waals surface area contributed by atoms with Gasteiger partial charge in [-0.25, -0.2) is 4.79 Å². The minimum atomic E-state index is -0.421. The molecular weight excluding hydrogens is 232 g/mol. The van der Waals surface area contributed by atoms with Crippen LogP contribution in [-0.2, 0) is 4.74 Å². The molecular formula is C13H20N2O3. The molecule has 1 saturated carbocycles. The second-order valence-electron chi connectivity index (χ2n) is 4.63. The topological polar surface area (TPSA) is 55.6 Å². The third-order valence-corrected chi connectivity index (χ3v) is 2.92. The highest BCUT2D eigenvalue weighted by Crippen LogP contribution is 2.31. The van der Waals surface area contributed by atoms with Crippen molar-refractivity contribution in [2.45, 2.75) is 33.1 Å². The fourth-order valence-corrected chi connectivity index (χ4v) is 1.86. The van der Waals surface area contributed by atoms with Crippen LogP contribution in [0.25, 0.3) is 0 Å². The van der Waals surface area contributed by atoms with Crippen molar-refractivity contribution in [3.63, 3.8) is 0 Å². The van der Waals surface area contributed by atoms with E-state index in [4.69, 9.17) is 9.15 Å². The molecule has 100 valence electrons. The Balaban J connectivity index is 2.02. The zero-order valence-corrected chi connectivity index (χ0v) is 11.0. The van der Waals surface area contributed by atoms with Crippen LogP contribution in [0.4, 0.5) is 6.01 Å². The average molecular weight is 252 g/mol. The molecule has 1 aromatic heterocycles. The van der Waals surface area contributed by atoms with E-state index < -0.39 is 5.97 Å². The van der Waals surface area contributed by atoms with Crippen molar-refractivity contribution in [3.8, 4) is 0 Å². The number of carbonyl (C=O) groups excluding carboxylic acids is 1. The van der Waals surface area contributed by atoms with E-state index >= 15 is 0 Å². The predicted octanol–water partition coefficient (Wildman–Crippen LogP) is 2.48. The first-order valence-corrected chi connectivity index (χ1v) is 6.62. The molecule has 2 rings (SSSR count). The van der Waals surface area contributed by atoms with Gasteiger partial charge in [-0.05, 0) is 32.1 Å². The zero-order valence-electron chi connectivity index (χ0n) is 11.0. The molecule has 5 nitrogen and oxygen atoms in total. The Morgan fingerprint density at radius 3 is 2.94 bits per heavy atom. The van der Waals surface area contributed by atoms with Gasteiger partial charge in [-0.15, -0.1) is 0 Å². The van der Waals surface area contributed by atoms with Gasteiger partial charge in [-0.1, -0.05) is 6.92 Å². The van der Waals surface area contributed by atoms with Crippen molar-refractivity contribution in [1.82, 2.24) is 4.98 Å². The molecule has 0 unspecified atom stereocenters. The van der Waals surface area contributed by atoms with Gasteiger partial charge in [-0.2, -0.15) is 4.98 Å². The maximum Gasteiger partial charge on any atom is 0.360 e. The third kappa shape index (κ3) is 3.24. The number of nitrogens with zero attached hydrogens (tertiary/aromatic N) is 2. The Bertz CT molecular complexity index is 399. The summed E-state index contributed by atoms with van der Waals surface area (Å²) in [6.45, 7) is 6.11. The van der Waals surface area contributed by atoms with E-state index in [-0.39, 0.29) is 5.69 Å². The number of esters is 1. The summed E-state index contributed by atoms with van der Waals surface area (Å²) in [4.78, 5) is 17.8. The maximum absolute atomic E-state index is 11.5. The Labute approximate surface area is 107 Å². The van der Waals surface area contributed by atoms with Crippen molar-refractivity contribution in [2.75, 3.05) is 24.6 Å². The van der Waals surface area contributed by atoms with Crippen LogP contribution in [0.15, 0.2) is 10.7 Å². The lowest BCUT2D eigenvalue weighted by Crippen LogP contribution is -2.26. The molecule has 1 aliphatic rings. The van der Waals surface area contributed by atoms with E-state index in [1.165, 1.54) is 19.1 Å². The molecule has 18 heavy (non-hydrogen) atoms. The van der Waals surface area contributed by atoms with Crippen LogP contribution < -0.4 is 4.90 Å². The van der Waals surface area contributed by atoms with Gasteiger partial charge in [-0.3, -0.25) is 0 Å². The molecule has 1 heterocycles. The summed E-state index contributed by atoms with van der Waals surface area (Å²) in [5, 5.41) is 0. The minimum Gasteiger partial charge on any atom is -0.461 e. The summed E-state index contributed by atoms with van der Waals surface area (Å²) in [5.74, 6) is 0.338. The molecule has 0 bridgehead atoms. The monoisotopic (exact) mass is 252 g/mol. The first kappa shape index (κ1) is 12.9. The molecule has 0 aromatic carbocycles. The molecule has 5 heteroatoms. The Morgan fingerprint density at radius 2 is 2.33 bits per heavy atom. The second kappa shape index (κ2) is 5.89. The lowest BCUT2D eigenvalue weighted by Gasteiger charge is -2.19. The summed E-state index contributed by atoms with van der Waals surface area (Å²) in [7, 11) is 0. The van der Waals surface area contributed by atoms with Gasteiger partial charge in [0.25, 0.3) is 6.01 Å². The number of hydrogen-bond acceptors (Lipinski definition) is 5. The molecule has 0 radical (unpaired) electrons. The fourth-order valence-electron chi connectivity index (χ4n) is 1.86. The van der Waals surface area contributed by atoms with E-state index in [1.807, 2.05) is 0 Å². The Hall–Kier alpha value is -1.52. The molecule has 1 aromatic rings. The standard InChI is InChI=1S/C13H20N2O3/c1-3-7-15(8-10-5-6-10)13-14-11(9-18-13)12(16)17-4-2/h9-10H,3-8H2,1-2H3. The highest BCUT2D eigenvalue weighted by molar-refractivity contribution is 5.87. The van der Waals surface area contributed by atoms with Crippen LogP contribution in [0.2, 0.25) is 0 Å². The van der Waals surface area contributed by atoms with Gasteiger partial charge >= 0.3 is 5.97 Å². The SMILES string of the molecule is CCCN(CC1CC1)c1nc(C(=O)OCC)co1.